The van der Waals surface area contributed by atoms with E-state index in [0.29, 0.717) is 22.9 Å². The standard InChI is InChI=1S/C13H18ClNO2/c1-9(4-3-7-15)13(16)11-8-10(14)5-6-12(11)17-2/h5-6,8-9H,3-4,7,15H2,1-2H3. The van der Waals surface area contributed by atoms with E-state index in [2.05, 4.69) is 0 Å². The summed E-state index contributed by atoms with van der Waals surface area (Å²) < 4.78 is 5.17. The quantitative estimate of drug-likeness (QED) is 0.796. The predicted molar refractivity (Wildman–Crippen MR) is 69.8 cm³/mol. The molecule has 0 aliphatic heterocycles. The number of halogens is 1. The molecule has 0 aromatic heterocycles. The zero-order valence-corrected chi connectivity index (χ0v) is 11.0. The van der Waals surface area contributed by atoms with Gasteiger partial charge in [0.1, 0.15) is 5.75 Å². The van der Waals surface area contributed by atoms with Crippen LogP contribution in [0.3, 0.4) is 0 Å². The van der Waals surface area contributed by atoms with E-state index < -0.39 is 0 Å². The third-order valence-corrected chi connectivity index (χ3v) is 2.95. The summed E-state index contributed by atoms with van der Waals surface area (Å²) in [7, 11) is 1.55. The van der Waals surface area contributed by atoms with Gasteiger partial charge in [-0.3, -0.25) is 4.79 Å². The van der Waals surface area contributed by atoms with E-state index in [1.165, 1.54) is 0 Å². The average Bonchev–Trinajstić information content (AvgIpc) is 2.34. The second-order valence-corrected chi connectivity index (χ2v) is 4.48. The lowest BCUT2D eigenvalue weighted by molar-refractivity contribution is 0.0920. The van der Waals surface area contributed by atoms with Gasteiger partial charge in [-0.25, -0.2) is 0 Å². The molecule has 1 atom stereocenters. The van der Waals surface area contributed by atoms with Gasteiger partial charge in [0.25, 0.3) is 0 Å². The summed E-state index contributed by atoms with van der Waals surface area (Å²) in [6.07, 6.45) is 1.63. The molecule has 0 aliphatic carbocycles. The van der Waals surface area contributed by atoms with E-state index in [0.717, 1.165) is 12.8 Å². The summed E-state index contributed by atoms with van der Waals surface area (Å²) in [6, 6.07) is 5.08. The number of carbonyl (C=O) groups excluding carboxylic acids is 1. The maximum atomic E-state index is 12.2. The monoisotopic (exact) mass is 255 g/mol. The van der Waals surface area contributed by atoms with Gasteiger partial charge >= 0.3 is 0 Å². The van der Waals surface area contributed by atoms with Crippen LogP contribution in [0.15, 0.2) is 18.2 Å². The van der Waals surface area contributed by atoms with E-state index in [9.17, 15) is 4.79 Å². The minimum atomic E-state index is -0.0640. The zero-order chi connectivity index (χ0) is 12.8. The van der Waals surface area contributed by atoms with Crippen molar-refractivity contribution in [3.63, 3.8) is 0 Å². The first kappa shape index (κ1) is 14.0. The average molecular weight is 256 g/mol. The second kappa shape index (κ2) is 6.62. The Morgan fingerprint density at radius 3 is 2.82 bits per heavy atom. The van der Waals surface area contributed by atoms with E-state index >= 15 is 0 Å². The van der Waals surface area contributed by atoms with Gasteiger partial charge in [0.15, 0.2) is 5.78 Å². The number of hydrogen-bond acceptors (Lipinski definition) is 3. The fourth-order valence-electron chi connectivity index (χ4n) is 1.69. The Kier molecular flexibility index (Phi) is 5.45. The smallest absolute Gasteiger partial charge is 0.169 e. The molecule has 0 aliphatic rings. The van der Waals surface area contributed by atoms with Crippen molar-refractivity contribution in [1.82, 2.24) is 0 Å². The van der Waals surface area contributed by atoms with Crippen molar-refractivity contribution in [3.05, 3.63) is 28.8 Å². The Labute approximate surface area is 107 Å². The zero-order valence-electron chi connectivity index (χ0n) is 10.2. The molecular weight excluding hydrogens is 238 g/mol. The van der Waals surface area contributed by atoms with Crippen LogP contribution >= 0.6 is 11.6 Å². The minimum absolute atomic E-state index is 0.0535. The highest BCUT2D eigenvalue weighted by Crippen LogP contribution is 2.26. The van der Waals surface area contributed by atoms with Crippen LogP contribution in [0.2, 0.25) is 5.02 Å². The molecule has 1 aromatic rings. The Balaban J connectivity index is 2.90. The van der Waals surface area contributed by atoms with E-state index in [4.69, 9.17) is 22.1 Å². The number of rotatable bonds is 6. The lowest BCUT2D eigenvalue weighted by Gasteiger charge is -2.13. The van der Waals surface area contributed by atoms with Gasteiger partial charge in [0.05, 0.1) is 12.7 Å². The topological polar surface area (TPSA) is 52.3 Å². The van der Waals surface area contributed by atoms with Crippen LogP contribution in [0.25, 0.3) is 0 Å². The molecule has 2 N–H and O–H groups in total. The van der Waals surface area contributed by atoms with Crippen LogP contribution in [-0.4, -0.2) is 19.4 Å². The van der Waals surface area contributed by atoms with Gasteiger partial charge in [-0.2, -0.15) is 0 Å². The SMILES string of the molecule is COc1ccc(Cl)cc1C(=O)C(C)CCCN. The molecule has 0 saturated heterocycles. The molecule has 0 heterocycles. The van der Waals surface area contributed by atoms with Crippen LogP contribution < -0.4 is 10.5 Å². The highest BCUT2D eigenvalue weighted by Gasteiger charge is 2.18. The van der Waals surface area contributed by atoms with Crippen molar-refractivity contribution in [3.8, 4) is 5.75 Å². The highest BCUT2D eigenvalue weighted by molar-refractivity contribution is 6.31. The molecule has 1 unspecified atom stereocenters. The summed E-state index contributed by atoms with van der Waals surface area (Å²) in [6.45, 7) is 2.50. The van der Waals surface area contributed by atoms with Gasteiger partial charge < -0.3 is 10.5 Å². The van der Waals surface area contributed by atoms with Gasteiger partial charge in [-0.05, 0) is 37.6 Å². The number of nitrogens with two attached hydrogens (primary N) is 1. The van der Waals surface area contributed by atoms with Crippen molar-refractivity contribution in [2.24, 2.45) is 11.7 Å². The van der Waals surface area contributed by atoms with Crippen molar-refractivity contribution in [2.45, 2.75) is 19.8 Å². The number of methoxy groups -OCH3 is 1. The van der Waals surface area contributed by atoms with E-state index in [-0.39, 0.29) is 11.7 Å². The molecule has 0 fully saturated rings. The van der Waals surface area contributed by atoms with Crippen LogP contribution in [0.5, 0.6) is 5.75 Å². The molecule has 94 valence electrons. The number of ether oxygens (including phenoxy) is 1. The van der Waals surface area contributed by atoms with Crippen LogP contribution in [0.1, 0.15) is 30.1 Å². The molecule has 0 spiro atoms. The summed E-state index contributed by atoms with van der Waals surface area (Å²) in [4.78, 5) is 12.2. The van der Waals surface area contributed by atoms with Gasteiger partial charge in [0, 0.05) is 10.9 Å². The molecule has 4 heteroatoms. The van der Waals surface area contributed by atoms with Crippen molar-refractivity contribution in [2.75, 3.05) is 13.7 Å². The molecule has 0 amide bonds. The maximum absolute atomic E-state index is 12.2. The fourth-order valence-corrected chi connectivity index (χ4v) is 1.87. The van der Waals surface area contributed by atoms with Crippen LogP contribution in [-0.2, 0) is 0 Å². The normalized spacial score (nSPS) is 12.2. The molecule has 0 radical (unpaired) electrons. The Bertz CT molecular complexity index is 393. The minimum Gasteiger partial charge on any atom is -0.496 e. The number of hydrogen-bond donors (Lipinski definition) is 1. The lowest BCUT2D eigenvalue weighted by Crippen LogP contribution is -2.14. The Hall–Kier alpha value is -1.06. The molecule has 1 aromatic carbocycles. The van der Waals surface area contributed by atoms with E-state index in [1.54, 1.807) is 25.3 Å². The summed E-state index contributed by atoms with van der Waals surface area (Å²) in [5.41, 5.74) is 5.98. The van der Waals surface area contributed by atoms with Crippen LogP contribution in [0, 0.1) is 5.92 Å². The predicted octanol–water partition coefficient (Wildman–Crippen LogP) is 2.91. The van der Waals surface area contributed by atoms with Gasteiger partial charge in [0.2, 0.25) is 0 Å². The first-order valence-corrected chi connectivity index (χ1v) is 6.05. The van der Waals surface area contributed by atoms with Crippen molar-refractivity contribution >= 4 is 17.4 Å². The molecule has 17 heavy (non-hydrogen) atoms. The summed E-state index contributed by atoms with van der Waals surface area (Å²) >= 11 is 5.90. The van der Waals surface area contributed by atoms with Gasteiger partial charge in [-0.15, -0.1) is 0 Å². The first-order chi connectivity index (χ1) is 8.10. The first-order valence-electron chi connectivity index (χ1n) is 5.68. The number of Topliss-reactive ketones (excluding diaryl/α,β-unsaturated/α-hetero) is 1. The fraction of sp³-hybridized carbons (Fsp3) is 0.462. The Morgan fingerprint density at radius 1 is 1.53 bits per heavy atom. The summed E-state index contributed by atoms with van der Waals surface area (Å²) in [5, 5.41) is 0.542. The second-order valence-electron chi connectivity index (χ2n) is 4.04. The third kappa shape index (κ3) is 3.72. The molecular formula is C13H18ClNO2. The number of ketones is 1. The largest absolute Gasteiger partial charge is 0.496 e. The molecule has 3 nitrogen and oxygen atoms in total. The summed E-state index contributed by atoms with van der Waals surface area (Å²) in [5.74, 6) is 0.558. The third-order valence-electron chi connectivity index (χ3n) is 2.72. The highest BCUT2D eigenvalue weighted by atomic mass is 35.5. The van der Waals surface area contributed by atoms with Gasteiger partial charge in [-0.1, -0.05) is 18.5 Å². The Morgan fingerprint density at radius 2 is 2.24 bits per heavy atom. The van der Waals surface area contributed by atoms with E-state index in [1.807, 2.05) is 6.92 Å². The maximum Gasteiger partial charge on any atom is 0.169 e. The molecule has 1 rings (SSSR count). The lowest BCUT2D eigenvalue weighted by atomic mass is 9.94. The number of carbonyl (C=O) groups is 1. The van der Waals surface area contributed by atoms with Crippen LogP contribution in [0.4, 0.5) is 0 Å². The number of benzene rings is 1. The molecule has 0 bridgehead atoms. The van der Waals surface area contributed by atoms with Crippen molar-refractivity contribution < 1.29 is 9.53 Å². The van der Waals surface area contributed by atoms with Crippen molar-refractivity contribution in [1.29, 1.82) is 0 Å². The molecule has 0 saturated carbocycles.